The Hall–Kier alpha value is -1.78. The summed E-state index contributed by atoms with van der Waals surface area (Å²) in [6.45, 7) is 3.96. The van der Waals surface area contributed by atoms with E-state index in [2.05, 4.69) is 21.7 Å². The molecule has 0 bridgehead atoms. The molecular weight excluding hydrogens is 435 g/mol. The Balaban J connectivity index is 0.00000288. The van der Waals surface area contributed by atoms with Gasteiger partial charge in [0.25, 0.3) is 0 Å². The first-order valence-electron chi connectivity index (χ1n) is 7.47. The fraction of sp³-hybridized carbons (Fsp3) is 0.222. The van der Waals surface area contributed by atoms with Gasteiger partial charge in [-0.3, -0.25) is 0 Å². The molecule has 2 rings (SSSR count). The molecule has 0 spiro atoms. The predicted molar refractivity (Wildman–Crippen MR) is 110 cm³/mol. The lowest BCUT2D eigenvalue weighted by atomic mass is 10.1. The van der Waals surface area contributed by atoms with Gasteiger partial charge in [0.15, 0.2) is 5.96 Å². The zero-order valence-electron chi connectivity index (χ0n) is 13.4. The highest BCUT2D eigenvalue weighted by atomic mass is 127. The predicted octanol–water partition coefficient (Wildman–Crippen LogP) is 4.08. The third kappa shape index (κ3) is 6.38. The minimum absolute atomic E-state index is 0. The van der Waals surface area contributed by atoms with Crippen LogP contribution in [-0.4, -0.2) is 12.5 Å². The lowest BCUT2D eigenvalue weighted by Crippen LogP contribution is -2.36. The number of nitriles is 1. The molecule has 0 saturated heterocycles. The van der Waals surface area contributed by atoms with Crippen molar-refractivity contribution in [1.29, 1.82) is 5.26 Å². The number of halogens is 2. The Morgan fingerprint density at radius 1 is 1.12 bits per heavy atom. The fourth-order valence-corrected chi connectivity index (χ4v) is 2.22. The number of benzene rings is 2. The number of nitrogens with one attached hydrogen (secondary N) is 2. The van der Waals surface area contributed by atoms with Gasteiger partial charge >= 0.3 is 0 Å². The van der Waals surface area contributed by atoms with E-state index < -0.39 is 0 Å². The Morgan fingerprint density at radius 3 is 2.46 bits per heavy atom. The van der Waals surface area contributed by atoms with Gasteiger partial charge in [-0.1, -0.05) is 41.9 Å². The van der Waals surface area contributed by atoms with Crippen molar-refractivity contribution in [2.24, 2.45) is 4.99 Å². The van der Waals surface area contributed by atoms with E-state index in [4.69, 9.17) is 16.9 Å². The summed E-state index contributed by atoms with van der Waals surface area (Å²) in [5.41, 5.74) is 2.73. The molecule has 0 radical (unpaired) electrons. The van der Waals surface area contributed by atoms with E-state index in [-0.39, 0.29) is 24.0 Å². The minimum atomic E-state index is 0. The van der Waals surface area contributed by atoms with Crippen LogP contribution >= 0.6 is 35.6 Å². The lowest BCUT2D eigenvalue weighted by molar-refractivity contribution is 0.816. The van der Waals surface area contributed by atoms with Crippen LogP contribution in [0.2, 0.25) is 5.02 Å². The van der Waals surface area contributed by atoms with Crippen LogP contribution in [0.15, 0.2) is 53.5 Å². The molecule has 0 unspecified atom stereocenters. The summed E-state index contributed by atoms with van der Waals surface area (Å²) in [6, 6.07) is 17.3. The highest BCUT2D eigenvalue weighted by molar-refractivity contribution is 14.0. The molecule has 126 valence electrons. The molecule has 0 aromatic heterocycles. The van der Waals surface area contributed by atoms with Crippen LogP contribution in [0.4, 0.5) is 0 Å². The zero-order chi connectivity index (χ0) is 16.5. The minimum Gasteiger partial charge on any atom is -0.357 e. The summed E-state index contributed by atoms with van der Waals surface area (Å²) in [5.74, 6) is 0.733. The van der Waals surface area contributed by atoms with E-state index in [9.17, 15) is 0 Å². The molecular formula is C18H20ClIN4. The van der Waals surface area contributed by atoms with Crippen LogP contribution in [0.3, 0.4) is 0 Å². The van der Waals surface area contributed by atoms with E-state index in [1.165, 1.54) is 0 Å². The number of hydrogen-bond donors (Lipinski definition) is 2. The monoisotopic (exact) mass is 454 g/mol. The van der Waals surface area contributed by atoms with E-state index in [1.807, 2.05) is 43.3 Å². The zero-order valence-corrected chi connectivity index (χ0v) is 16.5. The number of hydrogen-bond acceptors (Lipinski definition) is 2. The molecule has 2 aromatic carbocycles. The average Bonchev–Trinajstić information content (AvgIpc) is 2.59. The van der Waals surface area contributed by atoms with Crippen molar-refractivity contribution in [3.63, 3.8) is 0 Å². The standard InChI is InChI=1S/C18H19ClN4.HI/c1-2-21-18(23-13-16-5-3-4-6-17(16)19)22-12-15-9-7-14(11-20)8-10-15;/h3-10H,2,12-13H2,1H3,(H2,21,22,23);1H. The van der Waals surface area contributed by atoms with Gasteiger partial charge in [0.05, 0.1) is 18.2 Å². The molecule has 0 amide bonds. The van der Waals surface area contributed by atoms with Crippen LogP contribution in [0.1, 0.15) is 23.6 Å². The van der Waals surface area contributed by atoms with Gasteiger partial charge in [-0.15, -0.1) is 24.0 Å². The van der Waals surface area contributed by atoms with Crippen LogP contribution in [0.5, 0.6) is 0 Å². The van der Waals surface area contributed by atoms with Gasteiger partial charge in [-0.2, -0.15) is 5.26 Å². The summed E-state index contributed by atoms with van der Waals surface area (Å²) < 4.78 is 0. The molecule has 6 heteroatoms. The van der Waals surface area contributed by atoms with Crippen molar-refractivity contribution in [1.82, 2.24) is 10.6 Å². The highest BCUT2D eigenvalue weighted by Gasteiger charge is 2.01. The van der Waals surface area contributed by atoms with Crippen LogP contribution in [0.25, 0.3) is 0 Å². The largest absolute Gasteiger partial charge is 0.357 e. The summed E-state index contributed by atoms with van der Waals surface area (Å²) in [6.07, 6.45) is 0. The van der Waals surface area contributed by atoms with Crippen molar-refractivity contribution in [3.8, 4) is 6.07 Å². The fourth-order valence-electron chi connectivity index (χ4n) is 2.02. The molecule has 0 aliphatic carbocycles. The Bertz CT molecular complexity index is 708. The maximum atomic E-state index is 8.81. The molecule has 24 heavy (non-hydrogen) atoms. The van der Waals surface area contributed by atoms with Gasteiger partial charge in [-0.25, -0.2) is 4.99 Å². The Kier molecular flexibility index (Phi) is 9.20. The summed E-state index contributed by atoms with van der Waals surface area (Å²) >= 11 is 6.16. The first kappa shape index (κ1) is 20.3. The molecule has 0 aliphatic heterocycles. The quantitative estimate of drug-likeness (QED) is 0.406. The first-order valence-corrected chi connectivity index (χ1v) is 7.85. The van der Waals surface area contributed by atoms with Gasteiger partial charge in [0, 0.05) is 18.1 Å². The average molecular weight is 455 g/mol. The van der Waals surface area contributed by atoms with Crippen molar-refractivity contribution in [2.45, 2.75) is 20.0 Å². The van der Waals surface area contributed by atoms with Gasteiger partial charge in [0.2, 0.25) is 0 Å². The second kappa shape index (κ2) is 10.9. The third-order valence-corrected chi connectivity index (χ3v) is 3.62. The second-order valence-corrected chi connectivity index (χ2v) is 5.36. The second-order valence-electron chi connectivity index (χ2n) is 4.95. The topological polar surface area (TPSA) is 60.2 Å². The summed E-state index contributed by atoms with van der Waals surface area (Å²) in [4.78, 5) is 4.55. The summed E-state index contributed by atoms with van der Waals surface area (Å²) in [7, 11) is 0. The van der Waals surface area contributed by atoms with E-state index >= 15 is 0 Å². The molecule has 2 aromatic rings. The van der Waals surface area contributed by atoms with Gasteiger partial charge in [-0.05, 0) is 36.2 Å². The molecule has 0 atom stereocenters. The van der Waals surface area contributed by atoms with E-state index in [0.29, 0.717) is 18.7 Å². The number of rotatable bonds is 5. The maximum absolute atomic E-state index is 8.81. The van der Waals surface area contributed by atoms with Crippen molar-refractivity contribution < 1.29 is 0 Å². The van der Waals surface area contributed by atoms with Gasteiger partial charge in [0.1, 0.15) is 0 Å². The van der Waals surface area contributed by atoms with Crippen LogP contribution in [0, 0.1) is 11.3 Å². The Labute approximate surface area is 165 Å². The van der Waals surface area contributed by atoms with Crippen molar-refractivity contribution in [3.05, 3.63) is 70.2 Å². The van der Waals surface area contributed by atoms with Gasteiger partial charge < -0.3 is 10.6 Å². The first-order chi connectivity index (χ1) is 11.2. The maximum Gasteiger partial charge on any atom is 0.191 e. The number of guanidine groups is 1. The lowest BCUT2D eigenvalue weighted by Gasteiger charge is -2.12. The highest BCUT2D eigenvalue weighted by Crippen LogP contribution is 2.14. The number of aliphatic imine (C=N–C) groups is 1. The molecule has 0 heterocycles. The van der Waals surface area contributed by atoms with E-state index in [0.717, 1.165) is 28.7 Å². The number of nitrogens with zero attached hydrogens (tertiary/aromatic N) is 2. The van der Waals surface area contributed by atoms with Crippen LogP contribution < -0.4 is 10.6 Å². The van der Waals surface area contributed by atoms with Crippen LogP contribution in [-0.2, 0) is 13.1 Å². The molecule has 0 aliphatic rings. The molecule has 0 saturated carbocycles. The third-order valence-electron chi connectivity index (χ3n) is 3.25. The van der Waals surface area contributed by atoms with Crippen molar-refractivity contribution >= 4 is 41.5 Å². The SMILES string of the molecule is CCNC(=NCc1ccc(C#N)cc1)NCc1ccccc1Cl.I. The molecule has 2 N–H and O–H groups in total. The normalized spacial score (nSPS) is 10.5. The van der Waals surface area contributed by atoms with Crippen molar-refractivity contribution in [2.75, 3.05) is 6.54 Å². The Morgan fingerprint density at radius 2 is 1.83 bits per heavy atom. The smallest absolute Gasteiger partial charge is 0.191 e. The summed E-state index contributed by atoms with van der Waals surface area (Å²) in [5, 5.41) is 16.0. The molecule has 4 nitrogen and oxygen atoms in total. The molecule has 0 fully saturated rings. The van der Waals surface area contributed by atoms with E-state index in [1.54, 1.807) is 12.1 Å².